The number of methoxy groups -OCH3 is 1. The van der Waals surface area contributed by atoms with E-state index >= 15 is 0 Å². The summed E-state index contributed by atoms with van der Waals surface area (Å²) in [5.41, 5.74) is 2.16. The number of benzene rings is 1. The number of halogens is 2. The zero-order valence-corrected chi connectivity index (χ0v) is 10.4. The molecule has 0 amide bonds. The van der Waals surface area contributed by atoms with E-state index in [0.717, 1.165) is 23.3 Å². The Morgan fingerprint density at radius 2 is 2.20 bits per heavy atom. The highest BCUT2D eigenvalue weighted by Gasteiger charge is 2.05. The molecule has 0 N–H and O–H groups in total. The second-order valence-corrected chi connectivity index (χ2v) is 4.02. The molecule has 0 fully saturated rings. The largest absolute Gasteiger partial charge is 0.496 e. The second kappa shape index (κ2) is 6.04. The summed E-state index contributed by atoms with van der Waals surface area (Å²) in [6.07, 6.45) is 2.93. The van der Waals surface area contributed by atoms with Gasteiger partial charge in [0.25, 0.3) is 0 Å². The van der Waals surface area contributed by atoms with E-state index in [4.69, 9.17) is 27.9 Å². The monoisotopic (exact) mass is 244 g/mol. The highest BCUT2D eigenvalue weighted by Crippen LogP contribution is 2.28. The Kier molecular flexibility index (Phi) is 5.00. The van der Waals surface area contributed by atoms with Crippen LogP contribution in [-0.4, -0.2) is 13.0 Å². The first-order valence-electron chi connectivity index (χ1n) is 4.75. The lowest BCUT2D eigenvalue weighted by molar-refractivity contribution is 0.413. The van der Waals surface area contributed by atoms with Crippen LogP contribution in [0.15, 0.2) is 24.3 Å². The van der Waals surface area contributed by atoms with Crippen LogP contribution in [0.4, 0.5) is 0 Å². The predicted molar refractivity (Wildman–Crippen MR) is 67.0 cm³/mol. The van der Waals surface area contributed by atoms with Gasteiger partial charge in [-0.1, -0.05) is 17.7 Å². The first-order chi connectivity index (χ1) is 7.19. The van der Waals surface area contributed by atoms with E-state index in [1.165, 1.54) is 0 Å². The van der Waals surface area contributed by atoms with E-state index in [0.29, 0.717) is 10.9 Å². The van der Waals surface area contributed by atoms with E-state index in [2.05, 4.69) is 6.08 Å². The van der Waals surface area contributed by atoms with Crippen LogP contribution in [0.5, 0.6) is 5.75 Å². The average Bonchev–Trinajstić information content (AvgIpc) is 2.25. The Labute approximate surface area is 101 Å². The van der Waals surface area contributed by atoms with Crippen LogP contribution in [-0.2, 0) is 0 Å². The van der Waals surface area contributed by atoms with Crippen molar-refractivity contribution in [1.29, 1.82) is 0 Å². The van der Waals surface area contributed by atoms with Crippen LogP contribution < -0.4 is 4.74 Å². The molecule has 0 heterocycles. The van der Waals surface area contributed by atoms with Crippen molar-refractivity contribution in [2.75, 3.05) is 13.0 Å². The molecule has 0 spiro atoms. The maximum absolute atomic E-state index is 5.94. The molecular weight excluding hydrogens is 231 g/mol. The Hall–Kier alpha value is -0.660. The minimum atomic E-state index is 0.625. The molecule has 0 bridgehead atoms. The summed E-state index contributed by atoms with van der Waals surface area (Å²) in [6, 6.07) is 5.59. The summed E-state index contributed by atoms with van der Waals surface area (Å²) in [6.45, 7) is 2.03. The van der Waals surface area contributed by atoms with Gasteiger partial charge in [-0.15, -0.1) is 11.6 Å². The first-order valence-corrected chi connectivity index (χ1v) is 5.67. The first kappa shape index (κ1) is 12.4. The molecule has 0 aliphatic carbocycles. The maximum atomic E-state index is 5.94. The zero-order valence-electron chi connectivity index (χ0n) is 8.89. The van der Waals surface area contributed by atoms with Gasteiger partial charge < -0.3 is 4.74 Å². The minimum Gasteiger partial charge on any atom is -0.496 e. The maximum Gasteiger partial charge on any atom is 0.126 e. The molecule has 1 aromatic carbocycles. The molecule has 0 atom stereocenters. The van der Waals surface area contributed by atoms with E-state index in [1.807, 2.05) is 25.1 Å². The second-order valence-electron chi connectivity index (χ2n) is 3.21. The Bertz CT molecular complexity index is 359. The summed E-state index contributed by atoms with van der Waals surface area (Å²) < 4.78 is 5.27. The number of alkyl halides is 1. The topological polar surface area (TPSA) is 9.23 Å². The van der Waals surface area contributed by atoms with Crippen molar-refractivity contribution in [2.24, 2.45) is 0 Å². The normalized spacial score (nSPS) is 11.6. The highest BCUT2D eigenvalue weighted by atomic mass is 35.5. The molecule has 0 radical (unpaired) electrons. The SMILES string of the molecule is COc1ccc(Cl)cc1C(C)=CCCCl. The minimum absolute atomic E-state index is 0.625. The van der Waals surface area contributed by atoms with Gasteiger partial charge in [0.2, 0.25) is 0 Å². The molecule has 1 nitrogen and oxygen atoms in total. The van der Waals surface area contributed by atoms with Crippen molar-refractivity contribution >= 4 is 28.8 Å². The standard InChI is InChI=1S/C12H14Cl2O/c1-9(4-3-7-13)11-8-10(14)5-6-12(11)15-2/h4-6,8H,3,7H2,1-2H3. The number of hydrogen-bond donors (Lipinski definition) is 0. The molecule has 1 aromatic rings. The summed E-state index contributed by atoms with van der Waals surface area (Å²) in [5, 5.41) is 0.712. The molecule has 15 heavy (non-hydrogen) atoms. The molecule has 1 rings (SSSR count). The van der Waals surface area contributed by atoms with Gasteiger partial charge in [0, 0.05) is 16.5 Å². The van der Waals surface area contributed by atoms with E-state index in [9.17, 15) is 0 Å². The van der Waals surface area contributed by atoms with Crippen LogP contribution in [0.1, 0.15) is 18.9 Å². The van der Waals surface area contributed by atoms with Crippen molar-refractivity contribution in [3.8, 4) is 5.75 Å². The van der Waals surface area contributed by atoms with Gasteiger partial charge in [0.15, 0.2) is 0 Å². The van der Waals surface area contributed by atoms with Gasteiger partial charge in [-0.3, -0.25) is 0 Å². The van der Waals surface area contributed by atoms with Gasteiger partial charge >= 0.3 is 0 Å². The van der Waals surface area contributed by atoms with Crippen molar-refractivity contribution in [3.63, 3.8) is 0 Å². The Balaban J connectivity index is 3.05. The average molecular weight is 245 g/mol. The number of rotatable bonds is 4. The van der Waals surface area contributed by atoms with Crippen LogP contribution in [0, 0.1) is 0 Å². The molecular formula is C12H14Cl2O. The molecule has 0 unspecified atom stereocenters. The third kappa shape index (κ3) is 3.44. The number of allylic oxidation sites excluding steroid dienone is 2. The fourth-order valence-corrected chi connectivity index (χ4v) is 1.65. The molecule has 0 aromatic heterocycles. The number of hydrogen-bond acceptors (Lipinski definition) is 1. The summed E-state index contributed by atoms with van der Waals surface area (Å²) in [7, 11) is 1.65. The van der Waals surface area contributed by atoms with Crippen LogP contribution >= 0.6 is 23.2 Å². The van der Waals surface area contributed by atoms with Crippen molar-refractivity contribution in [3.05, 3.63) is 34.9 Å². The van der Waals surface area contributed by atoms with Gasteiger partial charge in [0.1, 0.15) is 5.75 Å². The molecule has 0 saturated heterocycles. The third-order valence-corrected chi connectivity index (χ3v) is 2.60. The fraction of sp³-hybridized carbons (Fsp3) is 0.333. The smallest absolute Gasteiger partial charge is 0.126 e. The highest BCUT2D eigenvalue weighted by molar-refractivity contribution is 6.30. The Morgan fingerprint density at radius 1 is 1.47 bits per heavy atom. The molecule has 0 aliphatic rings. The zero-order chi connectivity index (χ0) is 11.3. The van der Waals surface area contributed by atoms with Gasteiger partial charge in [-0.2, -0.15) is 0 Å². The van der Waals surface area contributed by atoms with Crippen molar-refractivity contribution in [2.45, 2.75) is 13.3 Å². The van der Waals surface area contributed by atoms with Crippen molar-refractivity contribution in [1.82, 2.24) is 0 Å². The molecule has 82 valence electrons. The quantitative estimate of drug-likeness (QED) is 0.715. The summed E-state index contributed by atoms with van der Waals surface area (Å²) >= 11 is 11.6. The van der Waals surface area contributed by atoms with Crippen molar-refractivity contribution < 1.29 is 4.74 Å². The fourth-order valence-electron chi connectivity index (χ4n) is 1.37. The van der Waals surface area contributed by atoms with E-state index in [1.54, 1.807) is 7.11 Å². The van der Waals surface area contributed by atoms with Crippen LogP contribution in [0.2, 0.25) is 5.02 Å². The molecule has 3 heteroatoms. The molecule has 0 aliphatic heterocycles. The lowest BCUT2D eigenvalue weighted by atomic mass is 10.1. The summed E-state index contributed by atoms with van der Waals surface area (Å²) in [5.74, 6) is 1.46. The number of ether oxygens (including phenoxy) is 1. The van der Waals surface area contributed by atoms with Crippen LogP contribution in [0.25, 0.3) is 5.57 Å². The lowest BCUT2D eigenvalue weighted by Gasteiger charge is -2.09. The van der Waals surface area contributed by atoms with E-state index in [-0.39, 0.29) is 0 Å². The van der Waals surface area contributed by atoms with Gasteiger partial charge in [-0.05, 0) is 37.1 Å². The van der Waals surface area contributed by atoms with E-state index < -0.39 is 0 Å². The van der Waals surface area contributed by atoms with Gasteiger partial charge in [-0.25, -0.2) is 0 Å². The predicted octanol–water partition coefficient (Wildman–Crippen LogP) is 4.38. The summed E-state index contributed by atoms with van der Waals surface area (Å²) in [4.78, 5) is 0. The lowest BCUT2D eigenvalue weighted by Crippen LogP contribution is -1.90. The van der Waals surface area contributed by atoms with Crippen LogP contribution in [0.3, 0.4) is 0 Å². The van der Waals surface area contributed by atoms with Gasteiger partial charge in [0.05, 0.1) is 7.11 Å². The Morgan fingerprint density at radius 3 is 2.80 bits per heavy atom. The molecule has 0 saturated carbocycles. The third-order valence-electron chi connectivity index (χ3n) is 2.15.